The maximum atomic E-state index is 11.7. The number of rotatable bonds is 5. The third-order valence-corrected chi connectivity index (χ3v) is 2.73. The highest BCUT2D eigenvalue weighted by molar-refractivity contribution is 5.85. The summed E-state index contributed by atoms with van der Waals surface area (Å²) in [5.74, 6) is -0.000972. The van der Waals surface area contributed by atoms with E-state index < -0.39 is 0 Å². The first-order chi connectivity index (χ1) is 8.09. The number of nitrogens with one attached hydrogen (secondary N) is 3. The van der Waals surface area contributed by atoms with Crippen molar-refractivity contribution in [2.24, 2.45) is 0 Å². The van der Waals surface area contributed by atoms with Gasteiger partial charge in [0.1, 0.15) is 0 Å². The first-order valence-corrected chi connectivity index (χ1v) is 6.40. The van der Waals surface area contributed by atoms with E-state index in [2.05, 4.69) is 16.0 Å². The maximum absolute atomic E-state index is 11.7. The second-order valence-electron chi connectivity index (χ2n) is 4.77. The average molecular weight is 278 g/mol. The predicted octanol–water partition coefficient (Wildman–Crippen LogP) is 0.581. The fourth-order valence-corrected chi connectivity index (χ4v) is 1.89. The highest BCUT2D eigenvalue weighted by Crippen LogP contribution is 2.06. The fraction of sp³-hybridized carbons (Fsp3) is 0.833. The molecule has 18 heavy (non-hydrogen) atoms. The quantitative estimate of drug-likeness (QED) is 0.689. The summed E-state index contributed by atoms with van der Waals surface area (Å²) in [5.41, 5.74) is 0. The van der Waals surface area contributed by atoms with E-state index in [1.54, 1.807) is 0 Å². The third kappa shape index (κ3) is 6.81. The molecule has 0 aromatic rings. The van der Waals surface area contributed by atoms with Crippen LogP contribution in [-0.2, 0) is 9.59 Å². The molecule has 0 unspecified atom stereocenters. The predicted molar refractivity (Wildman–Crippen MR) is 73.8 cm³/mol. The monoisotopic (exact) mass is 277 g/mol. The molecule has 5 nitrogen and oxygen atoms in total. The molecule has 1 atom stereocenters. The highest BCUT2D eigenvalue weighted by atomic mass is 35.5. The molecule has 1 saturated heterocycles. The van der Waals surface area contributed by atoms with Crippen molar-refractivity contribution in [2.75, 3.05) is 13.1 Å². The lowest BCUT2D eigenvalue weighted by Gasteiger charge is -2.22. The molecular weight excluding hydrogens is 254 g/mol. The smallest absolute Gasteiger partial charge is 0.237 e. The summed E-state index contributed by atoms with van der Waals surface area (Å²) in [6, 6.07) is 0.0788. The zero-order chi connectivity index (χ0) is 12.7. The Balaban J connectivity index is 0.00000289. The summed E-state index contributed by atoms with van der Waals surface area (Å²) in [7, 11) is 0. The molecule has 3 N–H and O–H groups in total. The molecule has 106 valence electrons. The maximum Gasteiger partial charge on any atom is 0.237 e. The van der Waals surface area contributed by atoms with Gasteiger partial charge in [0.15, 0.2) is 0 Å². The van der Waals surface area contributed by atoms with Crippen molar-refractivity contribution in [3.63, 3.8) is 0 Å². The van der Waals surface area contributed by atoms with E-state index in [4.69, 9.17) is 0 Å². The molecule has 2 amide bonds. The van der Waals surface area contributed by atoms with Gasteiger partial charge in [0.05, 0.1) is 6.04 Å². The number of hydrogen-bond acceptors (Lipinski definition) is 3. The largest absolute Gasteiger partial charge is 0.354 e. The van der Waals surface area contributed by atoms with Gasteiger partial charge < -0.3 is 16.0 Å². The number of halogens is 1. The van der Waals surface area contributed by atoms with Crippen molar-refractivity contribution in [1.82, 2.24) is 16.0 Å². The first-order valence-electron chi connectivity index (χ1n) is 6.40. The second-order valence-corrected chi connectivity index (χ2v) is 4.77. The second kappa shape index (κ2) is 9.16. The Labute approximate surface area is 115 Å². The van der Waals surface area contributed by atoms with E-state index in [-0.39, 0.29) is 36.3 Å². The van der Waals surface area contributed by atoms with E-state index in [9.17, 15) is 9.59 Å². The lowest BCUT2D eigenvalue weighted by Crippen LogP contribution is -2.47. The van der Waals surface area contributed by atoms with Gasteiger partial charge in [-0.15, -0.1) is 12.4 Å². The van der Waals surface area contributed by atoms with Crippen LogP contribution in [0, 0.1) is 0 Å². The van der Waals surface area contributed by atoms with E-state index in [1.807, 2.05) is 13.8 Å². The minimum Gasteiger partial charge on any atom is -0.354 e. The molecule has 1 fully saturated rings. The van der Waals surface area contributed by atoms with E-state index in [1.165, 1.54) is 0 Å². The molecule has 1 heterocycles. The zero-order valence-electron chi connectivity index (χ0n) is 11.1. The number of carbonyl (C=O) groups excluding carboxylic acids is 2. The first kappa shape index (κ1) is 17.2. The summed E-state index contributed by atoms with van der Waals surface area (Å²) in [5, 5.41) is 8.76. The highest BCUT2D eigenvalue weighted by Gasteiger charge is 2.19. The van der Waals surface area contributed by atoms with Crippen LogP contribution in [0.3, 0.4) is 0 Å². The third-order valence-electron chi connectivity index (χ3n) is 2.73. The molecule has 0 aromatic carbocycles. The van der Waals surface area contributed by atoms with Crippen LogP contribution in [0.15, 0.2) is 0 Å². The SMILES string of the molecule is CC(C)NC(=O)CCNC(=O)[C@@H]1CCCCN1.Cl. The Morgan fingerprint density at radius 2 is 2.06 bits per heavy atom. The summed E-state index contributed by atoms with van der Waals surface area (Å²) in [6.45, 7) is 5.16. The van der Waals surface area contributed by atoms with Crippen molar-refractivity contribution in [2.45, 2.75) is 51.6 Å². The van der Waals surface area contributed by atoms with Gasteiger partial charge in [-0.3, -0.25) is 9.59 Å². The van der Waals surface area contributed by atoms with Gasteiger partial charge in [-0.25, -0.2) is 0 Å². The van der Waals surface area contributed by atoms with Crippen LogP contribution in [0.4, 0.5) is 0 Å². The summed E-state index contributed by atoms with van der Waals surface area (Å²) < 4.78 is 0. The fourth-order valence-electron chi connectivity index (χ4n) is 1.89. The lowest BCUT2D eigenvalue weighted by molar-refractivity contribution is -0.124. The molecule has 0 aliphatic carbocycles. The Morgan fingerprint density at radius 3 is 2.61 bits per heavy atom. The minimum atomic E-state index is -0.0723. The van der Waals surface area contributed by atoms with Gasteiger partial charge in [-0.1, -0.05) is 6.42 Å². The van der Waals surface area contributed by atoms with Crippen LogP contribution in [0.1, 0.15) is 39.5 Å². The van der Waals surface area contributed by atoms with Crippen LogP contribution in [0.25, 0.3) is 0 Å². The number of hydrogen-bond donors (Lipinski definition) is 3. The Morgan fingerprint density at radius 1 is 1.33 bits per heavy atom. The van der Waals surface area contributed by atoms with Crippen molar-refractivity contribution >= 4 is 24.2 Å². The van der Waals surface area contributed by atoms with Crippen molar-refractivity contribution in [3.05, 3.63) is 0 Å². The van der Waals surface area contributed by atoms with Crippen molar-refractivity contribution in [3.8, 4) is 0 Å². The summed E-state index contributed by atoms with van der Waals surface area (Å²) in [6.07, 6.45) is 3.47. The van der Waals surface area contributed by atoms with Crippen LogP contribution in [0.5, 0.6) is 0 Å². The average Bonchev–Trinajstić information content (AvgIpc) is 2.29. The summed E-state index contributed by atoms with van der Waals surface area (Å²) >= 11 is 0. The normalized spacial score (nSPS) is 18.9. The van der Waals surface area contributed by atoms with E-state index in [0.717, 1.165) is 25.8 Å². The van der Waals surface area contributed by atoms with E-state index >= 15 is 0 Å². The lowest BCUT2D eigenvalue weighted by atomic mass is 10.0. The van der Waals surface area contributed by atoms with Crippen LogP contribution in [0.2, 0.25) is 0 Å². The molecule has 1 aliphatic heterocycles. The molecule has 1 rings (SSSR count). The van der Waals surface area contributed by atoms with Gasteiger partial charge in [-0.2, -0.15) is 0 Å². The van der Waals surface area contributed by atoms with E-state index in [0.29, 0.717) is 13.0 Å². The zero-order valence-corrected chi connectivity index (χ0v) is 11.9. The van der Waals surface area contributed by atoms with Gasteiger partial charge in [0.2, 0.25) is 11.8 Å². The minimum absolute atomic E-state index is 0. The number of amides is 2. The van der Waals surface area contributed by atoms with Gasteiger partial charge >= 0.3 is 0 Å². The van der Waals surface area contributed by atoms with Gasteiger partial charge in [0, 0.05) is 19.0 Å². The van der Waals surface area contributed by atoms with Crippen molar-refractivity contribution < 1.29 is 9.59 Å². The van der Waals surface area contributed by atoms with Crippen LogP contribution in [-0.4, -0.2) is 37.0 Å². The van der Waals surface area contributed by atoms with Gasteiger partial charge in [-0.05, 0) is 33.2 Å². The molecule has 0 saturated carbocycles. The molecule has 0 bridgehead atoms. The van der Waals surface area contributed by atoms with Gasteiger partial charge in [0.25, 0.3) is 0 Å². The number of carbonyl (C=O) groups is 2. The molecule has 0 aromatic heterocycles. The van der Waals surface area contributed by atoms with Crippen molar-refractivity contribution in [1.29, 1.82) is 0 Å². The Hall–Kier alpha value is -0.810. The molecule has 1 aliphatic rings. The van der Waals surface area contributed by atoms with Crippen LogP contribution < -0.4 is 16.0 Å². The molecular formula is C12H24ClN3O2. The summed E-state index contributed by atoms with van der Waals surface area (Å²) in [4.78, 5) is 23.0. The van der Waals surface area contributed by atoms with Crippen LogP contribution >= 0.6 is 12.4 Å². The standard InChI is InChI=1S/C12H23N3O2.ClH/c1-9(2)15-11(16)6-8-14-12(17)10-5-3-4-7-13-10;/h9-10,13H,3-8H2,1-2H3,(H,14,17)(H,15,16);1H/t10-;/m0./s1. The molecule has 6 heteroatoms. The Kier molecular flexibility index (Phi) is 8.75. The topological polar surface area (TPSA) is 70.2 Å². The molecule has 0 radical (unpaired) electrons. The number of piperidine rings is 1. The molecule has 0 spiro atoms. The Bertz CT molecular complexity index is 266.